The van der Waals surface area contributed by atoms with Gasteiger partial charge in [-0.25, -0.2) is 9.97 Å². The van der Waals surface area contributed by atoms with Crippen LogP contribution in [0, 0.1) is 0 Å². The fourth-order valence-electron chi connectivity index (χ4n) is 1.99. The summed E-state index contributed by atoms with van der Waals surface area (Å²) in [5, 5.41) is 0. The number of hydrogen-bond donors (Lipinski definition) is 0. The first-order valence-electron chi connectivity index (χ1n) is 5.99. The average Bonchev–Trinajstić information content (AvgIpc) is 2.76. The Morgan fingerprint density at radius 2 is 2.06 bits per heavy atom. The average molecular weight is 246 g/mol. The van der Waals surface area contributed by atoms with E-state index in [4.69, 9.17) is 4.74 Å². The molecule has 0 amide bonds. The Labute approximate surface area is 107 Å². The molecule has 5 nitrogen and oxygen atoms in total. The molecule has 2 aromatic heterocycles. The molecular weight excluding hydrogens is 228 g/mol. The zero-order valence-electron chi connectivity index (χ0n) is 11.2. The van der Waals surface area contributed by atoms with Gasteiger partial charge < -0.3 is 9.30 Å². The molecule has 0 radical (unpaired) electrons. The Balaban J connectivity index is 2.78. The van der Waals surface area contributed by atoms with Crippen molar-refractivity contribution < 1.29 is 4.74 Å². The highest BCUT2D eigenvalue weighted by atomic mass is 16.5. The van der Waals surface area contributed by atoms with E-state index in [0.717, 1.165) is 11.5 Å². The molecule has 0 aromatic carbocycles. The van der Waals surface area contributed by atoms with E-state index in [0.29, 0.717) is 11.4 Å². The van der Waals surface area contributed by atoms with Crippen molar-refractivity contribution in [3.8, 4) is 5.88 Å². The van der Waals surface area contributed by atoms with E-state index < -0.39 is 0 Å². The minimum atomic E-state index is 0.159. The number of methoxy groups -OCH3 is 1. The molecule has 0 aliphatic carbocycles. The van der Waals surface area contributed by atoms with Crippen LogP contribution in [0.5, 0.6) is 5.88 Å². The smallest absolute Gasteiger partial charge is 0.245 e. The number of fused-ring (bicyclic) bond motifs is 1. The summed E-state index contributed by atoms with van der Waals surface area (Å²) < 4.78 is 7.34. The molecule has 0 saturated heterocycles. The maximum Gasteiger partial charge on any atom is 0.245 e. The zero-order valence-corrected chi connectivity index (χ0v) is 11.2. The lowest BCUT2D eigenvalue weighted by Gasteiger charge is -2.14. The van der Waals surface area contributed by atoms with E-state index in [1.165, 1.54) is 6.33 Å². The molecule has 0 spiro atoms. The van der Waals surface area contributed by atoms with Gasteiger partial charge in [0.2, 0.25) is 5.88 Å². The number of aromatic nitrogens is 4. The maximum absolute atomic E-state index is 5.24. The van der Waals surface area contributed by atoms with Crippen LogP contribution in [-0.4, -0.2) is 26.6 Å². The summed E-state index contributed by atoms with van der Waals surface area (Å²) in [4.78, 5) is 13.0. The second-order valence-electron chi connectivity index (χ2n) is 4.51. The van der Waals surface area contributed by atoms with Crippen molar-refractivity contribution in [3.63, 3.8) is 0 Å². The van der Waals surface area contributed by atoms with Crippen molar-refractivity contribution in [2.24, 2.45) is 0 Å². The summed E-state index contributed by atoms with van der Waals surface area (Å²) in [5.74, 6) is 1.61. The van der Waals surface area contributed by atoms with Crippen LogP contribution in [0.25, 0.3) is 11.2 Å². The van der Waals surface area contributed by atoms with Gasteiger partial charge in [0.15, 0.2) is 11.2 Å². The van der Waals surface area contributed by atoms with Gasteiger partial charge in [-0.2, -0.15) is 4.98 Å². The molecule has 0 saturated carbocycles. The van der Waals surface area contributed by atoms with E-state index in [1.807, 2.05) is 6.08 Å². The van der Waals surface area contributed by atoms with E-state index >= 15 is 0 Å². The van der Waals surface area contributed by atoms with Gasteiger partial charge in [0.05, 0.1) is 7.11 Å². The van der Waals surface area contributed by atoms with Gasteiger partial charge in [-0.15, -0.1) is 6.58 Å². The lowest BCUT2D eigenvalue weighted by atomic mass is 10.1. The van der Waals surface area contributed by atoms with Crippen LogP contribution < -0.4 is 4.74 Å². The SMILES string of the molecule is C=CC(C)c1nc2c(OC)ncnc2n1C(C)C. The van der Waals surface area contributed by atoms with Crippen molar-refractivity contribution in [3.05, 3.63) is 24.8 Å². The molecule has 0 fully saturated rings. The highest BCUT2D eigenvalue weighted by Crippen LogP contribution is 2.28. The van der Waals surface area contributed by atoms with Crippen molar-refractivity contribution in [1.82, 2.24) is 19.5 Å². The number of nitrogens with zero attached hydrogens (tertiary/aromatic N) is 4. The summed E-state index contributed by atoms with van der Waals surface area (Å²) in [5.41, 5.74) is 1.51. The molecule has 18 heavy (non-hydrogen) atoms. The van der Waals surface area contributed by atoms with Crippen LogP contribution in [0.15, 0.2) is 19.0 Å². The van der Waals surface area contributed by atoms with Crippen molar-refractivity contribution >= 4 is 11.2 Å². The van der Waals surface area contributed by atoms with Gasteiger partial charge in [-0.05, 0) is 13.8 Å². The van der Waals surface area contributed by atoms with Gasteiger partial charge in [-0.1, -0.05) is 13.0 Å². The van der Waals surface area contributed by atoms with Crippen LogP contribution in [0.4, 0.5) is 0 Å². The number of imidazole rings is 1. The van der Waals surface area contributed by atoms with Crippen molar-refractivity contribution in [2.45, 2.75) is 32.7 Å². The third kappa shape index (κ3) is 1.85. The highest BCUT2D eigenvalue weighted by Gasteiger charge is 2.20. The number of allylic oxidation sites excluding steroid dienone is 1. The monoisotopic (exact) mass is 246 g/mol. The Morgan fingerprint density at radius 1 is 1.33 bits per heavy atom. The van der Waals surface area contributed by atoms with Gasteiger partial charge in [-0.3, -0.25) is 0 Å². The van der Waals surface area contributed by atoms with E-state index in [2.05, 4.69) is 46.9 Å². The molecule has 2 aromatic rings. The van der Waals surface area contributed by atoms with Gasteiger partial charge in [0.25, 0.3) is 0 Å². The summed E-state index contributed by atoms with van der Waals surface area (Å²) in [6, 6.07) is 0.270. The first-order chi connectivity index (χ1) is 8.60. The second-order valence-corrected chi connectivity index (χ2v) is 4.51. The molecule has 2 rings (SSSR count). The standard InChI is InChI=1S/C13H18N4O/c1-6-9(4)11-16-10-12(17(11)8(2)3)14-7-15-13(10)18-5/h6-9H,1H2,2-5H3. The summed E-state index contributed by atoms with van der Waals surface area (Å²) in [7, 11) is 1.59. The first kappa shape index (κ1) is 12.5. The van der Waals surface area contributed by atoms with Gasteiger partial charge >= 0.3 is 0 Å². The lowest BCUT2D eigenvalue weighted by molar-refractivity contribution is 0.401. The zero-order chi connectivity index (χ0) is 13.3. The number of ether oxygens (including phenoxy) is 1. The molecule has 1 unspecified atom stereocenters. The molecule has 0 N–H and O–H groups in total. The normalized spacial score (nSPS) is 12.9. The predicted octanol–water partition coefficient (Wildman–Crippen LogP) is 2.71. The minimum Gasteiger partial charge on any atom is -0.479 e. The van der Waals surface area contributed by atoms with E-state index in [9.17, 15) is 0 Å². The van der Waals surface area contributed by atoms with Crippen LogP contribution >= 0.6 is 0 Å². The topological polar surface area (TPSA) is 52.8 Å². The summed E-state index contributed by atoms with van der Waals surface area (Å²) in [6.45, 7) is 10.1. The van der Waals surface area contributed by atoms with Gasteiger partial charge in [0, 0.05) is 12.0 Å². The number of hydrogen-bond acceptors (Lipinski definition) is 4. The Morgan fingerprint density at radius 3 is 2.61 bits per heavy atom. The largest absolute Gasteiger partial charge is 0.479 e. The molecule has 0 aliphatic rings. The molecule has 2 heterocycles. The van der Waals surface area contributed by atoms with Crippen LogP contribution in [0.1, 0.15) is 38.6 Å². The molecular formula is C13H18N4O. The van der Waals surface area contributed by atoms with Crippen LogP contribution in [0.2, 0.25) is 0 Å². The molecule has 5 heteroatoms. The third-order valence-electron chi connectivity index (χ3n) is 2.94. The number of rotatable bonds is 4. The van der Waals surface area contributed by atoms with Crippen molar-refractivity contribution in [1.29, 1.82) is 0 Å². The van der Waals surface area contributed by atoms with Crippen LogP contribution in [0.3, 0.4) is 0 Å². The fraction of sp³-hybridized carbons (Fsp3) is 0.462. The van der Waals surface area contributed by atoms with E-state index in [-0.39, 0.29) is 12.0 Å². The first-order valence-corrected chi connectivity index (χ1v) is 5.99. The Hall–Kier alpha value is -1.91. The molecule has 0 bridgehead atoms. The predicted molar refractivity (Wildman–Crippen MR) is 70.9 cm³/mol. The fourth-order valence-corrected chi connectivity index (χ4v) is 1.99. The van der Waals surface area contributed by atoms with Crippen LogP contribution in [-0.2, 0) is 0 Å². The Kier molecular flexibility index (Phi) is 3.32. The minimum absolute atomic E-state index is 0.159. The quantitative estimate of drug-likeness (QED) is 0.778. The molecule has 96 valence electrons. The third-order valence-corrected chi connectivity index (χ3v) is 2.94. The summed E-state index contributed by atoms with van der Waals surface area (Å²) in [6.07, 6.45) is 3.38. The molecule has 1 atom stereocenters. The highest BCUT2D eigenvalue weighted by molar-refractivity contribution is 5.77. The van der Waals surface area contributed by atoms with Crippen molar-refractivity contribution in [2.75, 3.05) is 7.11 Å². The maximum atomic E-state index is 5.24. The lowest BCUT2D eigenvalue weighted by Crippen LogP contribution is -2.08. The second kappa shape index (κ2) is 4.76. The summed E-state index contributed by atoms with van der Waals surface area (Å²) >= 11 is 0. The Bertz CT molecular complexity index is 574. The molecule has 0 aliphatic heterocycles. The van der Waals surface area contributed by atoms with E-state index in [1.54, 1.807) is 7.11 Å². The van der Waals surface area contributed by atoms with Gasteiger partial charge in [0.1, 0.15) is 12.2 Å².